The number of aliphatic carboxylic acids is 1. The molecule has 2 unspecified atom stereocenters. The first-order chi connectivity index (χ1) is 15.9. The fourth-order valence-electron chi connectivity index (χ4n) is 5.17. The van der Waals surface area contributed by atoms with Gasteiger partial charge in [-0.3, -0.25) is 14.4 Å². The highest BCUT2D eigenvalue weighted by Crippen LogP contribution is 2.44. The monoisotopic (exact) mass is 449 g/mol. The van der Waals surface area contributed by atoms with Crippen molar-refractivity contribution in [1.82, 2.24) is 16.0 Å². The lowest BCUT2D eigenvalue weighted by molar-refractivity contribution is -0.144. The van der Waals surface area contributed by atoms with E-state index < -0.39 is 48.4 Å². The van der Waals surface area contributed by atoms with Crippen LogP contribution in [-0.2, 0) is 19.1 Å². The minimum absolute atomic E-state index is 0.0889. The normalized spacial score (nSPS) is 25.6. The average molecular weight is 449 g/mol. The van der Waals surface area contributed by atoms with E-state index in [2.05, 4.69) is 28.1 Å². The van der Waals surface area contributed by atoms with Crippen LogP contribution in [0.1, 0.15) is 23.5 Å². The van der Waals surface area contributed by atoms with E-state index in [4.69, 9.17) is 9.84 Å². The van der Waals surface area contributed by atoms with Gasteiger partial charge in [-0.2, -0.15) is 0 Å². The van der Waals surface area contributed by atoms with Gasteiger partial charge in [0.25, 0.3) is 0 Å². The maximum Gasteiger partial charge on any atom is 0.407 e. The Labute approximate surface area is 189 Å². The second kappa shape index (κ2) is 8.32. The number of amides is 2. The first-order valence-corrected chi connectivity index (χ1v) is 10.8. The number of carboxylic acid groups (broad SMARTS) is 1. The van der Waals surface area contributed by atoms with Gasteiger partial charge >= 0.3 is 12.1 Å². The summed E-state index contributed by atoms with van der Waals surface area (Å²) in [5.74, 6) is -2.92. The quantitative estimate of drug-likeness (QED) is 0.536. The van der Waals surface area contributed by atoms with Crippen molar-refractivity contribution in [2.75, 3.05) is 13.2 Å². The fraction of sp³-hybridized carbons (Fsp3) is 0.333. The van der Waals surface area contributed by atoms with Crippen molar-refractivity contribution in [3.8, 4) is 11.1 Å². The standard InChI is InChI=1S/C24H23N3O6/c28-19(29)9-17-22(30)21-20(23(31)26-17)18(10-25-21)27-24(32)33-11-16-14-7-3-1-5-12(14)13-6-2-4-8-15(13)16/h1-8,16-18,20-21,25H,9-11H2,(H,26,31)(H,27,32)(H,28,29)/t17?,18?,20-,21-/m1/s1. The second-order valence-corrected chi connectivity index (χ2v) is 8.55. The molecule has 9 heteroatoms. The summed E-state index contributed by atoms with van der Waals surface area (Å²) in [6.45, 7) is 0.346. The molecule has 3 aliphatic rings. The van der Waals surface area contributed by atoms with Gasteiger partial charge in [-0.15, -0.1) is 0 Å². The number of nitrogens with one attached hydrogen (secondary N) is 3. The molecule has 2 fully saturated rings. The summed E-state index contributed by atoms with van der Waals surface area (Å²) in [6.07, 6.45) is -1.14. The van der Waals surface area contributed by atoms with Gasteiger partial charge in [0, 0.05) is 12.5 Å². The predicted octanol–water partition coefficient (Wildman–Crippen LogP) is 1.02. The number of fused-ring (bicyclic) bond motifs is 4. The van der Waals surface area contributed by atoms with Crippen LogP contribution in [0.15, 0.2) is 48.5 Å². The van der Waals surface area contributed by atoms with Gasteiger partial charge in [-0.1, -0.05) is 48.5 Å². The third-order valence-electron chi connectivity index (χ3n) is 6.65. The van der Waals surface area contributed by atoms with E-state index >= 15 is 0 Å². The van der Waals surface area contributed by atoms with Crippen LogP contribution in [0.4, 0.5) is 4.79 Å². The van der Waals surface area contributed by atoms with Crippen molar-refractivity contribution in [3.05, 3.63) is 59.7 Å². The van der Waals surface area contributed by atoms with E-state index in [1.165, 1.54) is 0 Å². The molecule has 2 aromatic carbocycles. The molecule has 4 atom stereocenters. The second-order valence-electron chi connectivity index (χ2n) is 8.55. The van der Waals surface area contributed by atoms with Gasteiger partial charge < -0.3 is 25.8 Å². The Morgan fingerprint density at radius 1 is 1.03 bits per heavy atom. The highest BCUT2D eigenvalue weighted by Gasteiger charge is 2.51. The van der Waals surface area contributed by atoms with Gasteiger partial charge in [0.1, 0.15) is 6.61 Å². The van der Waals surface area contributed by atoms with Gasteiger partial charge in [-0.05, 0) is 22.3 Å². The van der Waals surface area contributed by atoms with Crippen LogP contribution in [0, 0.1) is 5.92 Å². The first kappa shape index (κ1) is 21.1. The van der Waals surface area contributed by atoms with Crippen LogP contribution in [0.25, 0.3) is 11.1 Å². The number of ether oxygens (including phenoxy) is 1. The summed E-state index contributed by atoms with van der Waals surface area (Å²) in [7, 11) is 0. The molecule has 1 aliphatic carbocycles. The van der Waals surface area contributed by atoms with Crippen molar-refractivity contribution in [2.24, 2.45) is 5.92 Å². The van der Waals surface area contributed by atoms with Crippen LogP contribution < -0.4 is 16.0 Å². The predicted molar refractivity (Wildman–Crippen MR) is 116 cm³/mol. The molecule has 2 aliphatic heterocycles. The summed E-state index contributed by atoms with van der Waals surface area (Å²) in [4.78, 5) is 48.7. The number of carbonyl (C=O) groups excluding carboxylic acids is 3. The summed E-state index contributed by atoms with van der Waals surface area (Å²) in [6, 6.07) is 13.5. The Bertz CT molecular complexity index is 1100. The summed E-state index contributed by atoms with van der Waals surface area (Å²) < 4.78 is 5.54. The zero-order valence-corrected chi connectivity index (χ0v) is 17.6. The average Bonchev–Trinajstić information content (AvgIpc) is 3.35. The molecule has 4 N–H and O–H groups in total. The minimum atomic E-state index is -1.17. The van der Waals surface area contributed by atoms with Crippen molar-refractivity contribution in [2.45, 2.75) is 30.5 Å². The molecule has 0 aromatic heterocycles. The molecule has 0 radical (unpaired) electrons. The van der Waals surface area contributed by atoms with Crippen LogP contribution in [-0.4, -0.2) is 60.1 Å². The highest BCUT2D eigenvalue weighted by atomic mass is 16.5. The Morgan fingerprint density at radius 3 is 2.30 bits per heavy atom. The Balaban J connectivity index is 1.24. The first-order valence-electron chi connectivity index (χ1n) is 10.8. The van der Waals surface area contributed by atoms with Crippen molar-refractivity contribution in [1.29, 1.82) is 0 Å². The molecule has 2 saturated heterocycles. The minimum Gasteiger partial charge on any atom is -0.481 e. The number of carboxylic acids is 1. The SMILES string of the molecule is O=C(O)CC1NC(=O)[C@@H]2C(NC(=O)OCC3c4ccccc4-c4ccccc43)CN[C@H]2C1=O. The maximum absolute atomic E-state index is 12.6. The fourth-order valence-corrected chi connectivity index (χ4v) is 5.17. The van der Waals surface area contributed by atoms with E-state index in [0.29, 0.717) is 0 Å². The van der Waals surface area contributed by atoms with Gasteiger partial charge in [0.05, 0.1) is 30.5 Å². The number of alkyl carbamates (subject to hydrolysis) is 1. The molecule has 9 nitrogen and oxygen atoms in total. The van der Waals surface area contributed by atoms with Crippen molar-refractivity contribution < 1.29 is 29.0 Å². The lowest BCUT2D eigenvalue weighted by Crippen LogP contribution is -2.61. The van der Waals surface area contributed by atoms with E-state index in [9.17, 15) is 19.2 Å². The summed E-state index contributed by atoms with van der Waals surface area (Å²) in [5.41, 5.74) is 4.43. The molecule has 2 aromatic rings. The number of hydrogen-bond acceptors (Lipinski definition) is 6. The molecule has 2 amide bonds. The lowest BCUT2D eigenvalue weighted by atomic mass is 9.85. The highest BCUT2D eigenvalue weighted by molar-refractivity contribution is 6.03. The van der Waals surface area contributed by atoms with E-state index in [1.54, 1.807) is 0 Å². The molecular weight excluding hydrogens is 426 g/mol. The number of ketones is 1. The molecule has 2 heterocycles. The smallest absolute Gasteiger partial charge is 0.407 e. The van der Waals surface area contributed by atoms with E-state index in [0.717, 1.165) is 22.3 Å². The number of piperidine rings is 1. The molecule has 33 heavy (non-hydrogen) atoms. The topological polar surface area (TPSA) is 134 Å². The zero-order valence-electron chi connectivity index (χ0n) is 17.6. The molecule has 170 valence electrons. The number of rotatable bonds is 5. The number of benzene rings is 2. The van der Waals surface area contributed by atoms with Crippen LogP contribution in [0.3, 0.4) is 0 Å². The summed E-state index contributed by atoms with van der Waals surface area (Å²) >= 11 is 0. The van der Waals surface area contributed by atoms with E-state index in [-0.39, 0.29) is 24.9 Å². The number of Topliss-reactive ketones (excluding diaryl/α,β-unsaturated/α-hetero) is 1. The lowest BCUT2D eigenvalue weighted by Gasteiger charge is -2.32. The van der Waals surface area contributed by atoms with Crippen molar-refractivity contribution >= 4 is 23.8 Å². The van der Waals surface area contributed by atoms with Crippen LogP contribution >= 0.6 is 0 Å². The van der Waals surface area contributed by atoms with Crippen LogP contribution in [0.2, 0.25) is 0 Å². The Morgan fingerprint density at radius 2 is 1.67 bits per heavy atom. The number of hydrogen-bond donors (Lipinski definition) is 4. The molecule has 0 spiro atoms. The van der Waals surface area contributed by atoms with Gasteiger partial charge in [-0.25, -0.2) is 4.79 Å². The largest absolute Gasteiger partial charge is 0.481 e. The maximum atomic E-state index is 12.6. The van der Waals surface area contributed by atoms with Crippen molar-refractivity contribution in [3.63, 3.8) is 0 Å². The third-order valence-corrected chi connectivity index (χ3v) is 6.65. The molecule has 0 bridgehead atoms. The molecule has 0 saturated carbocycles. The Hall–Kier alpha value is -3.72. The molecule has 5 rings (SSSR count). The Kier molecular flexibility index (Phi) is 5.33. The van der Waals surface area contributed by atoms with Gasteiger partial charge in [0.15, 0.2) is 5.78 Å². The van der Waals surface area contributed by atoms with E-state index in [1.807, 2.05) is 36.4 Å². The van der Waals surface area contributed by atoms with Crippen LogP contribution in [0.5, 0.6) is 0 Å². The zero-order chi connectivity index (χ0) is 23.1. The third kappa shape index (κ3) is 3.74. The number of carbonyl (C=O) groups is 4. The summed E-state index contributed by atoms with van der Waals surface area (Å²) in [5, 5.41) is 17.1. The van der Waals surface area contributed by atoms with Gasteiger partial charge in [0.2, 0.25) is 5.91 Å². The molecular formula is C24H23N3O6.